The maximum atomic E-state index is 10.9. The summed E-state index contributed by atoms with van der Waals surface area (Å²) in [6.07, 6.45) is 4.16. The van der Waals surface area contributed by atoms with Gasteiger partial charge in [-0.3, -0.25) is 9.59 Å². The second kappa shape index (κ2) is 4.04. The fourth-order valence-corrected chi connectivity index (χ4v) is 1.26. The zero-order chi connectivity index (χ0) is 8.97. The van der Waals surface area contributed by atoms with Crippen LogP contribution in [0.25, 0.3) is 0 Å². The fourth-order valence-electron chi connectivity index (χ4n) is 1.26. The summed E-state index contributed by atoms with van der Waals surface area (Å²) in [5.41, 5.74) is 0.901. The lowest BCUT2D eigenvalue weighted by molar-refractivity contribution is -0.139. The first kappa shape index (κ1) is 8.97. The molecule has 0 aromatic carbocycles. The summed E-state index contributed by atoms with van der Waals surface area (Å²) >= 11 is 0. The number of rotatable bonds is 2. The van der Waals surface area contributed by atoms with Gasteiger partial charge in [-0.05, 0) is 18.9 Å². The van der Waals surface area contributed by atoms with Crippen LogP contribution in [-0.4, -0.2) is 18.9 Å². The van der Waals surface area contributed by atoms with Gasteiger partial charge in [0.1, 0.15) is 0 Å². The quantitative estimate of drug-likeness (QED) is 0.582. The summed E-state index contributed by atoms with van der Waals surface area (Å²) in [6, 6.07) is 0. The predicted molar refractivity (Wildman–Crippen MR) is 43.6 cm³/mol. The highest BCUT2D eigenvalue weighted by molar-refractivity contribution is 5.92. The van der Waals surface area contributed by atoms with Gasteiger partial charge in [0.15, 0.2) is 5.78 Å². The zero-order valence-corrected chi connectivity index (χ0v) is 7.13. The summed E-state index contributed by atoms with van der Waals surface area (Å²) in [7, 11) is 1.35. The molecule has 0 heterocycles. The number of hydrogen-bond acceptors (Lipinski definition) is 3. The largest absolute Gasteiger partial charge is 0.469 e. The maximum absolute atomic E-state index is 10.9. The number of ether oxygens (including phenoxy) is 1. The first-order valence-corrected chi connectivity index (χ1v) is 4.01. The fraction of sp³-hybridized carbons (Fsp3) is 0.556. The van der Waals surface area contributed by atoms with E-state index >= 15 is 0 Å². The van der Waals surface area contributed by atoms with E-state index in [-0.39, 0.29) is 18.2 Å². The molecular formula is C9H12O3. The van der Waals surface area contributed by atoms with Crippen molar-refractivity contribution in [1.82, 2.24) is 0 Å². The Morgan fingerprint density at radius 2 is 2.33 bits per heavy atom. The van der Waals surface area contributed by atoms with E-state index in [1.54, 1.807) is 6.08 Å². The summed E-state index contributed by atoms with van der Waals surface area (Å²) < 4.78 is 4.50. The van der Waals surface area contributed by atoms with Crippen molar-refractivity contribution in [3.8, 4) is 0 Å². The van der Waals surface area contributed by atoms with Crippen molar-refractivity contribution in [2.45, 2.75) is 25.7 Å². The van der Waals surface area contributed by atoms with Gasteiger partial charge in [-0.1, -0.05) is 5.57 Å². The second-order valence-corrected chi connectivity index (χ2v) is 2.88. The Morgan fingerprint density at radius 3 is 2.92 bits per heavy atom. The standard InChI is InChI=1S/C9H12O3/c1-12-9(11)6-7-3-2-4-8(10)5-7/h5H,2-4,6H2,1H3. The third-order valence-electron chi connectivity index (χ3n) is 1.89. The predicted octanol–water partition coefficient (Wildman–Crippen LogP) is 1.23. The van der Waals surface area contributed by atoms with Crippen LogP contribution >= 0.6 is 0 Å². The minimum Gasteiger partial charge on any atom is -0.469 e. The van der Waals surface area contributed by atoms with E-state index in [9.17, 15) is 9.59 Å². The number of ketones is 1. The van der Waals surface area contributed by atoms with E-state index in [1.807, 2.05) is 0 Å². The molecule has 1 aliphatic carbocycles. The van der Waals surface area contributed by atoms with Crippen LogP contribution in [0.4, 0.5) is 0 Å². The molecule has 0 unspecified atom stereocenters. The summed E-state index contributed by atoms with van der Waals surface area (Å²) in [5, 5.41) is 0. The van der Waals surface area contributed by atoms with Crippen LogP contribution in [0.15, 0.2) is 11.6 Å². The Bertz CT molecular complexity index is 228. The number of allylic oxidation sites excluding steroid dienone is 1. The highest BCUT2D eigenvalue weighted by atomic mass is 16.5. The molecule has 0 atom stereocenters. The molecule has 0 amide bonds. The lowest BCUT2D eigenvalue weighted by Crippen LogP contribution is -2.07. The number of carbonyl (C=O) groups excluding carboxylic acids is 2. The van der Waals surface area contributed by atoms with Crippen molar-refractivity contribution in [2.75, 3.05) is 7.11 Å². The van der Waals surface area contributed by atoms with Crippen molar-refractivity contribution in [2.24, 2.45) is 0 Å². The topological polar surface area (TPSA) is 43.4 Å². The molecule has 1 aliphatic rings. The third-order valence-corrected chi connectivity index (χ3v) is 1.89. The molecule has 3 heteroatoms. The number of carbonyl (C=O) groups is 2. The Morgan fingerprint density at radius 1 is 1.58 bits per heavy atom. The van der Waals surface area contributed by atoms with Gasteiger partial charge < -0.3 is 4.74 Å². The van der Waals surface area contributed by atoms with Gasteiger partial charge in [-0.25, -0.2) is 0 Å². The van der Waals surface area contributed by atoms with Gasteiger partial charge >= 0.3 is 5.97 Å². The number of hydrogen-bond donors (Lipinski definition) is 0. The molecule has 1 rings (SSSR count). The molecule has 0 aromatic rings. The van der Waals surface area contributed by atoms with Crippen LogP contribution in [0.5, 0.6) is 0 Å². The molecule has 0 N–H and O–H groups in total. The van der Waals surface area contributed by atoms with Crippen LogP contribution in [0.3, 0.4) is 0 Å². The van der Waals surface area contributed by atoms with E-state index in [0.717, 1.165) is 18.4 Å². The van der Waals surface area contributed by atoms with E-state index in [0.29, 0.717) is 6.42 Å². The zero-order valence-electron chi connectivity index (χ0n) is 7.13. The Balaban J connectivity index is 2.51. The minimum absolute atomic E-state index is 0.125. The van der Waals surface area contributed by atoms with Gasteiger partial charge in [0.05, 0.1) is 13.5 Å². The molecular weight excluding hydrogens is 156 g/mol. The third kappa shape index (κ3) is 2.49. The number of esters is 1. The van der Waals surface area contributed by atoms with Crippen LogP contribution < -0.4 is 0 Å². The van der Waals surface area contributed by atoms with Crippen molar-refractivity contribution < 1.29 is 14.3 Å². The maximum Gasteiger partial charge on any atom is 0.309 e. The van der Waals surface area contributed by atoms with Crippen molar-refractivity contribution in [3.05, 3.63) is 11.6 Å². The SMILES string of the molecule is COC(=O)CC1=CC(=O)CCC1. The monoisotopic (exact) mass is 168 g/mol. The summed E-state index contributed by atoms with van der Waals surface area (Å²) in [6.45, 7) is 0. The minimum atomic E-state index is -0.268. The van der Waals surface area contributed by atoms with Gasteiger partial charge in [0.25, 0.3) is 0 Å². The molecule has 0 spiro atoms. The van der Waals surface area contributed by atoms with E-state index in [4.69, 9.17) is 0 Å². The lowest BCUT2D eigenvalue weighted by atomic mass is 9.96. The molecule has 66 valence electrons. The molecule has 0 radical (unpaired) electrons. The Hall–Kier alpha value is -1.12. The molecule has 3 nitrogen and oxygen atoms in total. The van der Waals surface area contributed by atoms with Crippen LogP contribution in [0, 0.1) is 0 Å². The molecule has 0 bridgehead atoms. The van der Waals surface area contributed by atoms with Gasteiger partial charge in [-0.2, -0.15) is 0 Å². The molecule has 12 heavy (non-hydrogen) atoms. The normalized spacial score (nSPS) is 17.1. The average Bonchev–Trinajstić information content (AvgIpc) is 2.04. The highest BCUT2D eigenvalue weighted by Crippen LogP contribution is 2.18. The van der Waals surface area contributed by atoms with E-state index in [2.05, 4.69) is 4.74 Å². The molecule has 0 saturated carbocycles. The van der Waals surface area contributed by atoms with Crippen LogP contribution in [-0.2, 0) is 14.3 Å². The summed E-state index contributed by atoms with van der Waals surface area (Å²) in [5.74, 6) is -0.142. The molecule has 0 aromatic heterocycles. The molecule has 0 saturated heterocycles. The van der Waals surface area contributed by atoms with Crippen molar-refractivity contribution in [1.29, 1.82) is 0 Å². The van der Waals surface area contributed by atoms with Crippen LogP contribution in [0.1, 0.15) is 25.7 Å². The van der Waals surface area contributed by atoms with Gasteiger partial charge in [-0.15, -0.1) is 0 Å². The molecule has 0 aliphatic heterocycles. The van der Waals surface area contributed by atoms with Gasteiger partial charge in [0, 0.05) is 6.42 Å². The lowest BCUT2D eigenvalue weighted by Gasteiger charge is -2.09. The van der Waals surface area contributed by atoms with Gasteiger partial charge in [0.2, 0.25) is 0 Å². The second-order valence-electron chi connectivity index (χ2n) is 2.88. The van der Waals surface area contributed by atoms with E-state index in [1.165, 1.54) is 7.11 Å². The van der Waals surface area contributed by atoms with Crippen molar-refractivity contribution in [3.63, 3.8) is 0 Å². The number of methoxy groups -OCH3 is 1. The van der Waals surface area contributed by atoms with Crippen molar-refractivity contribution >= 4 is 11.8 Å². The van der Waals surface area contributed by atoms with E-state index < -0.39 is 0 Å². The first-order valence-electron chi connectivity index (χ1n) is 4.01. The van der Waals surface area contributed by atoms with Crippen LogP contribution in [0.2, 0.25) is 0 Å². The molecule has 0 fully saturated rings. The first-order chi connectivity index (χ1) is 5.72. The summed E-state index contributed by atoms with van der Waals surface area (Å²) in [4.78, 5) is 21.7. The smallest absolute Gasteiger partial charge is 0.309 e. The Labute approximate surface area is 71.4 Å². The Kier molecular flexibility index (Phi) is 3.02. The average molecular weight is 168 g/mol. The highest BCUT2D eigenvalue weighted by Gasteiger charge is 2.12.